The summed E-state index contributed by atoms with van der Waals surface area (Å²) < 4.78 is 0. The standard InChI is InChI=1S/C15H31N/c1-5-12(3)9-15-10-13(4)7-8-14(15)11-16-6-2/h12-16H,5-11H2,1-4H3. The average molecular weight is 225 g/mol. The van der Waals surface area contributed by atoms with Gasteiger partial charge in [0.1, 0.15) is 0 Å². The third kappa shape index (κ3) is 4.45. The Kier molecular flexibility index (Phi) is 6.41. The first kappa shape index (κ1) is 14.0. The molecule has 1 saturated carbocycles. The molecule has 1 aliphatic carbocycles. The highest BCUT2D eigenvalue weighted by atomic mass is 14.8. The van der Waals surface area contributed by atoms with E-state index < -0.39 is 0 Å². The number of hydrogen-bond donors (Lipinski definition) is 1. The van der Waals surface area contributed by atoms with Crippen molar-refractivity contribution in [3.8, 4) is 0 Å². The molecule has 1 N–H and O–H groups in total. The Balaban J connectivity index is 2.44. The molecule has 4 atom stereocenters. The Labute approximate surface area is 102 Å². The summed E-state index contributed by atoms with van der Waals surface area (Å²) >= 11 is 0. The van der Waals surface area contributed by atoms with Crippen molar-refractivity contribution >= 4 is 0 Å². The van der Waals surface area contributed by atoms with Crippen LogP contribution in [-0.2, 0) is 0 Å². The van der Waals surface area contributed by atoms with Crippen molar-refractivity contribution in [3.63, 3.8) is 0 Å². The van der Waals surface area contributed by atoms with Gasteiger partial charge < -0.3 is 5.32 Å². The monoisotopic (exact) mass is 225 g/mol. The highest BCUT2D eigenvalue weighted by Gasteiger charge is 2.28. The predicted molar refractivity (Wildman–Crippen MR) is 72.6 cm³/mol. The summed E-state index contributed by atoms with van der Waals surface area (Å²) in [7, 11) is 0. The van der Waals surface area contributed by atoms with E-state index in [2.05, 4.69) is 33.0 Å². The molecular formula is C15H31N. The molecule has 0 saturated heterocycles. The zero-order valence-corrected chi connectivity index (χ0v) is 11.8. The zero-order valence-electron chi connectivity index (χ0n) is 11.8. The summed E-state index contributed by atoms with van der Waals surface area (Å²) in [6.07, 6.45) is 7.18. The molecule has 96 valence electrons. The molecule has 0 aromatic heterocycles. The summed E-state index contributed by atoms with van der Waals surface area (Å²) in [5, 5.41) is 3.55. The molecule has 1 aliphatic rings. The third-order valence-electron chi connectivity index (χ3n) is 4.46. The first-order valence-corrected chi connectivity index (χ1v) is 7.38. The quantitative estimate of drug-likeness (QED) is 0.718. The Hall–Kier alpha value is -0.0400. The molecule has 0 heterocycles. The van der Waals surface area contributed by atoms with Crippen molar-refractivity contribution in [2.75, 3.05) is 13.1 Å². The van der Waals surface area contributed by atoms with Gasteiger partial charge in [-0.25, -0.2) is 0 Å². The summed E-state index contributed by atoms with van der Waals surface area (Å²) in [5.74, 6) is 3.81. The molecule has 1 heteroatoms. The maximum absolute atomic E-state index is 3.55. The van der Waals surface area contributed by atoms with Gasteiger partial charge in [0.2, 0.25) is 0 Å². The van der Waals surface area contributed by atoms with Gasteiger partial charge in [-0.1, -0.05) is 40.5 Å². The molecule has 4 unspecified atom stereocenters. The summed E-state index contributed by atoms with van der Waals surface area (Å²) in [4.78, 5) is 0. The largest absolute Gasteiger partial charge is 0.317 e. The van der Waals surface area contributed by atoms with Crippen molar-refractivity contribution in [1.29, 1.82) is 0 Å². The fraction of sp³-hybridized carbons (Fsp3) is 1.00. The fourth-order valence-electron chi connectivity index (χ4n) is 3.13. The van der Waals surface area contributed by atoms with Crippen LogP contribution in [0, 0.1) is 23.7 Å². The molecule has 0 amide bonds. The number of nitrogens with one attached hydrogen (secondary N) is 1. The van der Waals surface area contributed by atoms with Crippen LogP contribution < -0.4 is 5.32 Å². The zero-order chi connectivity index (χ0) is 12.0. The van der Waals surface area contributed by atoms with E-state index in [1.54, 1.807) is 0 Å². The van der Waals surface area contributed by atoms with Gasteiger partial charge in [0.15, 0.2) is 0 Å². The van der Waals surface area contributed by atoms with Crippen LogP contribution in [0.2, 0.25) is 0 Å². The van der Waals surface area contributed by atoms with Crippen molar-refractivity contribution in [1.82, 2.24) is 5.32 Å². The van der Waals surface area contributed by atoms with Crippen molar-refractivity contribution in [2.45, 2.75) is 59.8 Å². The first-order valence-electron chi connectivity index (χ1n) is 7.38. The minimum absolute atomic E-state index is 0.916. The van der Waals surface area contributed by atoms with Crippen molar-refractivity contribution in [3.05, 3.63) is 0 Å². The van der Waals surface area contributed by atoms with E-state index in [1.165, 1.54) is 38.6 Å². The van der Waals surface area contributed by atoms with E-state index in [9.17, 15) is 0 Å². The molecule has 0 spiro atoms. The lowest BCUT2D eigenvalue weighted by molar-refractivity contribution is 0.157. The van der Waals surface area contributed by atoms with E-state index >= 15 is 0 Å². The molecule has 1 nitrogen and oxygen atoms in total. The predicted octanol–water partition coefficient (Wildman–Crippen LogP) is 4.08. The van der Waals surface area contributed by atoms with Crippen LogP contribution in [0.15, 0.2) is 0 Å². The van der Waals surface area contributed by atoms with Crippen LogP contribution in [0.4, 0.5) is 0 Å². The Morgan fingerprint density at radius 2 is 1.94 bits per heavy atom. The van der Waals surface area contributed by atoms with Gasteiger partial charge in [-0.2, -0.15) is 0 Å². The van der Waals surface area contributed by atoms with E-state index in [-0.39, 0.29) is 0 Å². The summed E-state index contributed by atoms with van der Waals surface area (Å²) in [5.41, 5.74) is 0. The van der Waals surface area contributed by atoms with E-state index in [4.69, 9.17) is 0 Å². The lowest BCUT2D eigenvalue weighted by Gasteiger charge is -2.36. The second kappa shape index (κ2) is 7.32. The average Bonchev–Trinajstić information content (AvgIpc) is 2.28. The maximum Gasteiger partial charge on any atom is -0.00180 e. The first-order chi connectivity index (χ1) is 7.67. The van der Waals surface area contributed by atoms with Crippen molar-refractivity contribution in [2.24, 2.45) is 23.7 Å². The van der Waals surface area contributed by atoms with Gasteiger partial charge in [-0.15, -0.1) is 0 Å². The van der Waals surface area contributed by atoms with Crippen LogP contribution in [0.3, 0.4) is 0 Å². The van der Waals surface area contributed by atoms with E-state index in [0.717, 1.165) is 30.2 Å². The van der Waals surface area contributed by atoms with Crippen LogP contribution in [0.5, 0.6) is 0 Å². The molecule has 1 rings (SSSR count). The van der Waals surface area contributed by atoms with Gasteiger partial charge in [-0.3, -0.25) is 0 Å². The number of rotatable bonds is 6. The second-order valence-corrected chi connectivity index (χ2v) is 6.00. The molecule has 0 aliphatic heterocycles. The second-order valence-electron chi connectivity index (χ2n) is 6.00. The van der Waals surface area contributed by atoms with Crippen LogP contribution in [0.25, 0.3) is 0 Å². The lowest BCUT2D eigenvalue weighted by Crippen LogP contribution is -2.33. The molecule has 0 radical (unpaired) electrons. The Morgan fingerprint density at radius 3 is 2.56 bits per heavy atom. The van der Waals surface area contributed by atoms with Gasteiger partial charge in [0, 0.05) is 0 Å². The van der Waals surface area contributed by atoms with E-state index in [1.807, 2.05) is 0 Å². The minimum Gasteiger partial charge on any atom is -0.317 e. The highest BCUT2D eigenvalue weighted by Crippen LogP contribution is 2.37. The van der Waals surface area contributed by atoms with Gasteiger partial charge >= 0.3 is 0 Å². The summed E-state index contributed by atoms with van der Waals surface area (Å²) in [6, 6.07) is 0. The molecule has 0 aromatic rings. The molecule has 16 heavy (non-hydrogen) atoms. The maximum atomic E-state index is 3.55. The van der Waals surface area contributed by atoms with Crippen LogP contribution in [-0.4, -0.2) is 13.1 Å². The highest BCUT2D eigenvalue weighted by molar-refractivity contribution is 4.81. The molecular weight excluding hydrogens is 194 g/mol. The minimum atomic E-state index is 0.916. The van der Waals surface area contributed by atoms with Gasteiger partial charge in [0.05, 0.1) is 0 Å². The fourth-order valence-corrected chi connectivity index (χ4v) is 3.13. The van der Waals surface area contributed by atoms with Gasteiger partial charge in [-0.05, 0) is 56.0 Å². The lowest BCUT2D eigenvalue weighted by atomic mass is 9.71. The van der Waals surface area contributed by atoms with E-state index in [0.29, 0.717) is 0 Å². The smallest absolute Gasteiger partial charge is 0.00180 e. The Morgan fingerprint density at radius 1 is 1.19 bits per heavy atom. The Bertz CT molecular complexity index is 176. The van der Waals surface area contributed by atoms with Crippen molar-refractivity contribution < 1.29 is 0 Å². The molecule has 1 fully saturated rings. The van der Waals surface area contributed by atoms with Crippen LogP contribution in [0.1, 0.15) is 59.8 Å². The van der Waals surface area contributed by atoms with Crippen LogP contribution >= 0.6 is 0 Å². The topological polar surface area (TPSA) is 12.0 Å². The normalized spacial score (nSPS) is 32.6. The molecule has 0 aromatic carbocycles. The molecule has 0 bridgehead atoms. The van der Waals surface area contributed by atoms with Gasteiger partial charge in [0.25, 0.3) is 0 Å². The SMILES string of the molecule is CCNCC1CCC(C)CC1CC(C)CC. The summed E-state index contributed by atoms with van der Waals surface area (Å²) in [6.45, 7) is 11.8. The third-order valence-corrected chi connectivity index (χ3v) is 4.46. The number of hydrogen-bond acceptors (Lipinski definition) is 1.